The second kappa shape index (κ2) is 4.51. The van der Waals surface area contributed by atoms with Crippen molar-refractivity contribution >= 4 is 23.5 Å². The minimum absolute atomic E-state index is 0.428. The summed E-state index contributed by atoms with van der Waals surface area (Å²) in [5.74, 6) is -2.45. The van der Waals surface area contributed by atoms with Crippen molar-refractivity contribution in [1.29, 1.82) is 0 Å². The highest BCUT2D eigenvalue weighted by Crippen LogP contribution is 2.00. The first-order valence-corrected chi connectivity index (χ1v) is 2.92. The number of allylic oxidation sites excluding steroid dienone is 2. The van der Waals surface area contributed by atoms with Crippen LogP contribution in [-0.2, 0) is 9.59 Å². The van der Waals surface area contributed by atoms with Crippen molar-refractivity contribution < 1.29 is 19.8 Å². The van der Waals surface area contributed by atoms with E-state index in [-0.39, 0.29) is 0 Å². The average molecular weight is 177 g/mol. The Kier molecular flexibility index (Phi) is 3.98. The molecular weight excluding hydrogens is 172 g/mol. The molecule has 0 saturated heterocycles. The van der Waals surface area contributed by atoms with Crippen LogP contribution in [0.1, 0.15) is 0 Å². The van der Waals surface area contributed by atoms with Gasteiger partial charge in [0.15, 0.2) is 0 Å². The molecule has 0 fully saturated rings. The number of rotatable bonds is 3. The fourth-order valence-electron chi connectivity index (χ4n) is 0.286. The zero-order chi connectivity index (χ0) is 8.85. The highest BCUT2D eigenvalue weighted by Gasteiger charge is 1.98. The Bertz CT molecular complexity index is 229. The van der Waals surface area contributed by atoms with Crippen molar-refractivity contribution in [3.63, 3.8) is 0 Å². The molecular formula is C6H5ClO4. The van der Waals surface area contributed by atoms with Gasteiger partial charge in [-0.3, -0.25) is 0 Å². The first kappa shape index (κ1) is 9.71. The first-order chi connectivity index (χ1) is 5.04. The van der Waals surface area contributed by atoms with Gasteiger partial charge in [0.1, 0.15) is 5.03 Å². The number of carbonyl (C=O) groups is 2. The summed E-state index contributed by atoms with van der Waals surface area (Å²) >= 11 is 5.12. The van der Waals surface area contributed by atoms with Gasteiger partial charge in [-0.05, 0) is 6.08 Å². The fourth-order valence-corrected chi connectivity index (χ4v) is 0.359. The van der Waals surface area contributed by atoms with Gasteiger partial charge in [0.05, 0.1) is 0 Å². The average Bonchev–Trinajstić information content (AvgIpc) is 1.86. The zero-order valence-electron chi connectivity index (χ0n) is 5.32. The van der Waals surface area contributed by atoms with Crippen LogP contribution in [0.25, 0.3) is 0 Å². The molecule has 11 heavy (non-hydrogen) atoms. The van der Waals surface area contributed by atoms with Gasteiger partial charge in [-0.1, -0.05) is 17.7 Å². The van der Waals surface area contributed by atoms with Gasteiger partial charge in [-0.15, -0.1) is 0 Å². The lowest BCUT2D eigenvalue weighted by atomic mass is 10.4. The lowest BCUT2D eigenvalue weighted by molar-refractivity contribution is -0.132. The van der Waals surface area contributed by atoms with E-state index in [1.165, 1.54) is 0 Å². The standard InChI is InChI=1S/C6H5ClO4/c7-4(6(10)11)2-1-3-5(8)9/h1-3H,(H,8,9)(H,10,11)/b3-1-,4-2+. The third-order valence-electron chi connectivity index (χ3n) is 0.686. The van der Waals surface area contributed by atoms with E-state index in [0.717, 1.165) is 18.2 Å². The predicted molar refractivity (Wildman–Crippen MR) is 38.3 cm³/mol. The summed E-state index contributed by atoms with van der Waals surface area (Å²) in [5.41, 5.74) is 0. The van der Waals surface area contributed by atoms with E-state index >= 15 is 0 Å². The summed E-state index contributed by atoms with van der Waals surface area (Å²) < 4.78 is 0. The molecule has 5 heteroatoms. The molecule has 0 rings (SSSR count). The second-order valence-electron chi connectivity index (χ2n) is 1.52. The van der Waals surface area contributed by atoms with E-state index in [0.29, 0.717) is 0 Å². The van der Waals surface area contributed by atoms with Crippen molar-refractivity contribution in [2.24, 2.45) is 0 Å². The molecule has 0 aliphatic heterocycles. The van der Waals surface area contributed by atoms with Gasteiger partial charge in [0, 0.05) is 6.08 Å². The highest BCUT2D eigenvalue weighted by molar-refractivity contribution is 6.41. The minimum atomic E-state index is -1.29. The summed E-state index contributed by atoms with van der Waals surface area (Å²) in [4.78, 5) is 19.8. The van der Waals surface area contributed by atoms with Crippen molar-refractivity contribution in [3.8, 4) is 0 Å². The van der Waals surface area contributed by atoms with Gasteiger partial charge in [0.2, 0.25) is 0 Å². The SMILES string of the molecule is O=C(O)/C=C\C=C(\Cl)C(=O)O. The maximum absolute atomic E-state index is 9.99. The Morgan fingerprint density at radius 3 is 2.18 bits per heavy atom. The molecule has 2 N–H and O–H groups in total. The molecule has 0 bridgehead atoms. The Hall–Kier alpha value is -1.29. The maximum Gasteiger partial charge on any atom is 0.347 e. The van der Waals surface area contributed by atoms with Gasteiger partial charge in [-0.2, -0.15) is 0 Å². The fraction of sp³-hybridized carbons (Fsp3) is 0. The summed E-state index contributed by atoms with van der Waals surface area (Å²) in [7, 11) is 0. The molecule has 0 aromatic carbocycles. The van der Waals surface area contributed by atoms with Crippen molar-refractivity contribution in [1.82, 2.24) is 0 Å². The molecule has 0 saturated carbocycles. The molecule has 0 unspecified atom stereocenters. The number of carboxylic acids is 2. The van der Waals surface area contributed by atoms with E-state index < -0.39 is 17.0 Å². The molecule has 0 aliphatic carbocycles. The van der Waals surface area contributed by atoms with Gasteiger partial charge in [-0.25, -0.2) is 9.59 Å². The van der Waals surface area contributed by atoms with E-state index in [4.69, 9.17) is 21.8 Å². The van der Waals surface area contributed by atoms with Crippen LogP contribution in [-0.4, -0.2) is 22.2 Å². The van der Waals surface area contributed by atoms with Crippen LogP contribution in [0, 0.1) is 0 Å². The molecule has 0 aliphatic rings. The monoisotopic (exact) mass is 176 g/mol. The smallest absolute Gasteiger partial charge is 0.347 e. The molecule has 0 spiro atoms. The van der Waals surface area contributed by atoms with Crippen LogP contribution in [0.3, 0.4) is 0 Å². The van der Waals surface area contributed by atoms with Gasteiger partial charge in [0.25, 0.3) is 0 Å². The maximum atomic E-state index is 9.99. The van der Waals surface area contributed by atoms with E-state index in [1.807, 2.05) is 0 Å². The molecule has 0 atom stereocenters. The number of aliphatic carboxylic acids is 2. The van der Waals surface area contributed by atoms with Crippen LogP contribution in [0.5, 0.6) is 0 Å². The summed E-state index contributed by atoms with van der Waals surface area (Å²) in [6, 6.07) is 0. The first-order valence-electron chi connectivity index (χ1n) is 2.54. The normalized spacial score (nSPS) is 11.9. The van der Waals surface area contributed by atoms with Crippen LogP contribution in [0.2, 0.25) is 0 Å². The molecule has 0 heterocycles. The molecule has 4 nitrogen and oxygen atoms in total. The molecule has 0 radical (unpaired) electrons. The predicted octanol–water partition coefficient (Wildman–Crippen LogP) is 0.835. The van der Waals surface area contributed by atoms with E-state index in [9.17, 15) is 9.59 Å². The van der Waals surface area contributed by atoms with Crippen molar-refractivity contribution in [2.75, 3.05) is 0 Å². The van der Waals surface area contributed by atoms with Crippen LogP contribution in [0.4, 0.5) is 0 Å². The lowest BCUT2D eigenvalue weighted by Crippen LogP contribution is -1.92. The third-order valence-corrected chi connectivity index (χ3v) is 0.973. The number of carboxylic acid groups (broad SMARTS) is 2. The third kappa shape index (κ3) is 5.17. The van der Waals surface area contributed by atoms with Crippen molar-refractivity contribution in [3.05, 3.63) is 23.3 Å². The Labute approximate surface area is 67.4 Å². The number of hydrogen-bond donors (Lipinski definition) is 2. The van der Waals surface area contributed by atoms with E-state index in [2.05, 4.69) is 0 Å². The highest BCUT2D eigenvalue weighted by atomic mass is 35.5. The Balaban J connectivity index is 4.13. The summed E-state index contributed by atoms with van der Waals surface area (Å²) in [6.45, 7) is 0. The molecule has 0 aromatic rings. The quantitative estimate of drug-likeness (QED) is 0.494. The van der Waals surface area contributed by atoms with Gasteiger partial charge < -0.3 is 10.2 Å². The molecule has 0 aromatic heterocycles. The number of halogens is 1. The topological polar surface area (TPSA) is 74.6 Å². The van der Waals surface area contributed by atoms with Crippen molar-refractivity contribution in [2.45, 2.75) is 0 Å². The second-order valence-corrected chi connectivity index (χ2v) is 1.92. The summed E-state index contributed by atoms with van der Waals surface area (Å²) in [5, 5.41) is 15.8. The van der Waals surface area contributed by atoms with Crippen LogP contribution in [0.15, 0.2) is 23.3 Å². The van der Waals surface area contributed by atoms with Crippen LogP contribution >= 0.6 is 11.6 Å². The largest absolute Gasteiger partial charge is 0.478 e. The summed E-state index contributed by atoms with van der Waals surface area (Å²) in [6.07, 6.45) is 2.81. The Morgan fingerprint density at radius 1 is 1.27 bits per heavy atom. The molecule has 60 valence electrons. The Morgan fingerprint density at radius 2 is 1.82 bits per heavy atom. The number of hydrogen-bond acceptors (Lipinski definition) is 2. The van der Waals surface area contributed by atoms with Crippen LogP contribution < -0.4 is 0 Å². The minimum Gasteiger partial charge on any atom is -0.478 e. The van der Waals surface area contributed by atoms with E-state index in [1.54, 1.807) is 0 Å². The molecule has 0 amide bonds. The zero-order valence-corrected chi connectivity index (χ0v) is 6.08. The van der Waals surface area contributed by atoms with Gasteiger partial charge >= 0.3 is 11.9 Å². The lowest BCUT2D eigenvalue weighted by Gasteiger charge is -1.83.